The van der Waals surface area contributed by atoms with Gasteiger partial charge in [-0.3, -0.25) is 10.1 Å². The Bertz CT molecular complexity index is 623. The Balaban J connectivity index is 2.67. The van der Waals surface area contributed by atoms with Gasteiger partial charge in [-0.25, -0.2) is 0 Å². The van der Waals surface area contributed by atoms with Gasteiger partial charge in [0.1, 0.15) is 11.8 Å². The molecule has 0 aliphatic rings. The number of nitrogens with one attached hydrogen (secondary N) is 1. The van der Waals surface area contributed by atoms with E-state index in [0.717, 1.165) is 16.3 Å². The van der Waals surface area contributed by atoms with E-state index in [4.69, 9.17) is 10.5 Å². The van der Waals surface area contributed by atoms with Crippen LogP contribution in [-0.2, 0) is 4.79 Å². The highest BCUT2D eigenvalue weighted by Gasteiger charge is 2.24. The van der Waals surface area contributed by atoms with Gasteiger partial charge in [0.15, 0.2) is 0 Å². The molecule has 1 atom stereocenters. The van der Waals surface area contributed by atoms with E-state index < -0.39 is 11.9 Å². The minimum atomic E-state index is -0.573. The number of carbonyl (C=O) groups is 1. The van der Waals surface area contributed by atoms with Crippen molar-refractivity contribution in [2.75, 3.05) is 7.11 Å². The van der Waals surface area contributed by atoms with Crippen molar-refractivity contribution in [3.63, 3.8) is 0 Å². The second-order valence-electron chi connectivity index (χ2n) is 5.06. The van der Waals surface area contributed by atoms with Crippen molar-refractivity contribution in [2.45, 2.75) is 25.9 Å². The number of ether oxygens (including phenoxy) is 1. The Kier molecular flexibility index (Phi) is 4.25. The highest BCUT2D eigenvalue weighted by atomic mass is 16.5. The fourth-order valence-corrected chi connectivity index (χ4v) is 2.39. The summed E-state index contributed by atoms with van der Waals surface area (Å²) in [5.41, 5.74) is 6.37. The molecule has 4 nitrogen and oxygen atoms in total. The maximum atomic E-state index is 11.9. The van der Waals surface area contributed by atoms with Gasteiger partial charge in [-0.1, -0.05) is 30.3 Å². The Hall–Kier alpha value is -2.07. The van der Waals surface area contributed by atoms with E-state index in [1.807, 2.05) is 50.2 Å². The summed E-state index contributed by atoms with van der Waals surface area (Å²) in [6.45, 7) is 3.96. The number of methoxy groups -OCH3 is 1. The summed E-state index contributed by atoms with van der Waals surface area (Å²) in [6.07, 6.45) is 0. The smallest absolute Gasteiger partial charge is 0.239 e. The zero-order chi connectivity index (χ0) is 14.7. The van der Waals surface area contributed by atoms with Gasteiger partial charge >= 0.3 is 0 Å². The van der Waals surface area contributed by atoms with Crippen molar-refractivity contribution >= 4 is 16.7 Å². The third kappa shape index (κ3) is 2.75. The molecule has 1 amide bonds. The average molecular weight is 272 g/mol. The van der Waals surface area contributed by atoms with Crippen LogP contribution in [0, 0.1) is 0 Å². The molecule has 2 aromatic rings. The zero-order valence-corrected chi connectivity index (χ0v) is 12.0. The minimum Gasteiger partial charge on any atom is -0.496 e. The van der Waals surface area contributed by atoms with Crippen molar-refractivity contribution in [3.05, 3.63) is 42.0 Å². The topological polar surface area (TPSA) is 64.3 Å². The van der Waals surface area contributed by atoms with E-state index in [-0.39, 0.29) is 6.04 Å². The fraction of sp³-hybridized carbons (Fsp3) is 0.312. The molecular formula is C16H20N2O2. The highest BCUT2D eigenvalue weighted by molar-refractivity contribution is 5.94. The molecule has 2 rings (SSSR count). The van der Waals surface area contributed by atoms with Crippen LogP contribution in [0.5, 0.6) is 5.75 Å². The molecule has 0 fully saturated rings. The number of nitrogens with two attached hydrogens (primary N) is 1. The van der Waals surface area contributed by atoms with Crippen LogP contribution < -0.4 is 15.8 Å². The molecule has 0 aliphatic carbocycles. The van der Waals surface area contributed by atoms with Gasteiger partial charge in [0, 0.05) is 11.6 Å². The lowest BCUT2D eigenvalue weighted by Crippen LogP contribution is -2.37. The molecule has 3 N–H and O–H groups in total. The normalized spacial score (nSPS) is 12.6. The van der Waals surface area contributed by atoms with Crippen molar-refractivity contribution in [2.24, 2.45) is 5.73 Å². The first-order valence-corrected chi connectivity index (χ1v) is 6.65. The second kappa shape index (κ2) is 5.92. The molecule has 0 saturated carbocycles. The van der Waals surface area contributed by atoms with Crippen LogP contribution in [0.1, 0.15) is 25.5 Å². The Morgan fingerprint density at radius 3 is 2.50 bits per heavy atom. The van der Waals surface area contributed by atoms with Crippen LogP contribution in [0.15, 0.2) is 36.4 Å². The quantitative estimate of drug-likeness (QED) is 0.878. The molecule has 4 heteroatoms. The summed E-state index contributed by atoms with van der Waals surface area (Å²) in [5.74, 6) is 0.258. The summed E-state index contributed by atoms with van der Waals surface area (Å²) in [7, 11) is 1.60. The molecule has 2 aromatic carbocycles. The van der Waals surface area contributed by atoms with E-state index in [1.165, 1.54) is 0 Å². The van der Waals surface area contributed by atoms with E-state index in [9.17, 15) is 4.79 Å². The lowest BCUT2D eigenvalue weighted by atomic mass is 9.96. The van der Waals surface area contributed by atoms with Crippen LogP contribution in [0.25, 0.3) is 10.8 Å². The van der Waals surface area contributed by atoms with Gasteiger partial charge in [0.2, 0.25) is 5.91 Å². The second-order valence-corrected chi connectivity index (χ2v) is 5.06. The first-order valence-electron chi connectivity index (χ1n) is 6.65. The third-order valence-electron chi connectivity index (χ3n) is 3.22. The molecule has 0 bridgehead atoms. The number of fused-ring (bicyclic) bond motifs is 1. The monoisotopic (exact) mass is 272 g/mol. The summed E-state index contributed by atoms with van der Waals surface area (Å²) in [4.78, 5) is 11.9. The first kappa shape index (κ1) is 14.3. The molecule has 0 aliphatic heterocycles. The predicted molar refractivity (Wildman–Crippen MR) is 80.7 cm³/mol. The molecule has 106 valence electrons. The van der Waals surface area contributed by atoms with Gasteiger partial charge in [0.05, 0.1) is 7.11 Å². The molecule has 0 saturated heterocycles. The SMILES string of the molecule is COc1ccc2ccccc2c1C(NC(C)C)C(N)=O. The first-order chi connectivity index (χ1) is 9.54. The van der Waals surface area contributed by atoms with Gasteiger partial charge in [0.25, 0.3) is 0 Å². The number of rotatable bonds is 5. The molecule has 20 heavy (non-hydrogen) atoms. The van der Waals surface area contributed by atoms with Crippen molar-refractivity contribution < 1.29 is 9.53 Å². The maximum absolute atomic E-state index is 11.9. The number of hydrogen-bond acceptors (Lipinski definition) is 3. The van der Waals surface area contributed by atoms with E-state index >= 15 is 0 Å². The molecular weight excluding hydrogens is 252 g/mol. The summed E-state index contributed by atoms with van der Waals surface area (Å²) in [6, 6.07) is 11.3. The predicted octanol–water partition coefficient (Wildman–Crippen LogP) is 2.37. The number of carbonyl (C=O) groups excluding carboxylic acids is 1. The minimum absolute atomic E-state index is 0.135. The average Bonchev–Trinajstić information content (AvgIpc) is 2.43. The van der Waals surface area contributed by atoms with Crippen molar-refractivity contribution in [1.82, 2.24) is 5.32 Å². The van der Waals surface area contributed by atoms with E-state index in [0.29, 0.717) is 5.75 Å². The highest BCUT2D eigenvalue weighted by Crippen LogP contribution is 2.33. The van der Waals surface area contributed by atoms with Crippen LogP contribution >= 0.6 is 0 Å². The largest absolute Gasteiger partial charge is 0.496 e. The molecule has 0 spiro atoms. The lowest BCUT2D eigenvalue weighted by molar-refractivity contribution is -0.120. The maximum Gasteiger partial charge on any atom is 0.239 e. The molecule has 1 unspecified atom stereocenters. The van der Waals surface area contributed by atoms with Crippen molar-refractivity contribution in [1.29, 1.82) is 0 Å². The van der Waals surface area contributed by atoms with Gasteiger partial charge in [-0.2, -0.15) is 0 Å². The van der Waals surface area contributed by atoms with Crippen LogP contribution in [-0.4, -0.2) is 19.1 Å². The van der Waals surface area contributed by atoms with E-state index in [1.54, 1.807) is 7.11 Å². The fourth-order valence-electron chi connectivity index (χ4n) is 2.39. The lowest BCUT2D eigenvalue weighted by Gasteiger charge is -2.22. The van der Waals surface area contributed by atoms with Crippen molar-refractivity contribution in [3.8, 4) is 5.75 Å². The number of amides is 1. The summed E-state index contributed by atoms with van der Waals surface area (Å²) in [5, 5.41) is 5.24. The number of primary amides is 1. The Morgan fingerprint density at radius 1 is 1.20 bits per heavy atom. The molecule has 0 radical (unpaired) electrons. The number of benzene rings is 2. The van der Waals surface area contributed by atoms with Crippen LogP contribution in [0.2, 0.25) is 0 Å². The summed E-state index contributed by atoms with van der Waals surface area (Å²) >= 11 is 0. The third-order valence-corrected chi connectivity index (χ3v) is 3.22. The van der Waals surface area contributed by atoms with Gasteiger partial charge in [-0.05, 0) is 30.7 Å². The van der Waals surface area contributed by atoms with Gasteiger partial charge in [-0.15, -0.1) is 0 Å². The van der Waals surface area contributed by atoms with Gasteiger partial charge < -0.3 is 10.5 Å². The Labute approximate surface area is 118 Å². The van der Waals surface area contributed by atoms with E-state index in [2.05, 4.69) is 5.32 Å². The molecule has 0 aromatic heterocycles. The Morgan fingerprint density at radius 2 is 1.90 bits per heavy atom. The zero-order valence-electron chi connectivity index (χ0n) is 12.0. The molecule has 0 heterocycles. The standard InChI is InChI=1S/C16H20N2O2/c1-10(2)18-15(16(17)19)14-12-7-5-4-6-11(12)8-9-13(14)20-3/h4-10,15,18H,1-3H3,(H2,17,19). The van der Waals surface area contributed by atoms with Crippen LogP contribution in [0.3, 0.4) is 0 Å². The summed E-state index contributed by atoms with van der Waals surface area (Å²) < 4.78 is 5.42. The number of hydrogen-bond donors (Lipinski definition) is 2. The van der Waals surface area contributed by atoms with Crippen LogP contribution in [0.4, 0.5) is 0 Å².